The van der Waals surface area contributed by atoms with Crippen LogP contribution in [0.4, 0.5) is 0 Å². The van der Waals surface area contributed by atoms with E-state index in [2.05, 4.69) is 21.8 Å². The van der Waals surface area contributed by atoms with E-state index >= 15 is 0 Å². The van der Waals surface area contributed by atoms with Crippen molar-refractivity contribution < 1.29 is 8.42 Å². The van der Waals surface area contributed by atoms with Crippen LogP contribution in [-0.2, 0) is 16.4 Å². The molecule has 0 aliphatic rings. The third kappa shape index (κ3) is 6.28. The van der Waals surface area contributed by atoms with Gasteiger partial charge in [0.2, 0.25) is 10.0 Å². The van der Waals surface area contributed by atoms with Crippen LogP contribution < -0.4 is 4.72 Å². The summed E-state index contributed by atoms with van der Waals surface area (Å²) in [4.78, 5) is 6.63. The van der Waals surface area contributed by atoms with Crippen LogP contribution in [0.5, 0.6) is 0 Å². The summed E-state index contributed by atoms with van der Waals surface area (Å²) in [6, 6.07) is 17.0. The number of hydrogen-bond acceptors (Lipinski definition) is 3. The molecule has 0 saturated carbocycles. The van der Waals surface area contributed by atoms with Gasteiger partial charge in [-0.1, -0.05) is 48.0 Å². The van der Waals surface area contributed by atoms with Crippen LogP contribution >= 0.6 is 0 Å². The molecule has 6 heteroatoms. The highest BCUT2D eigenvalue weighted by Gasteiger charge is 2.15. The number of sulfonamides is 1. The lowest BCUT2D eigenvalue weighted by molar-refractivity contribution is 0.396. The Hall–Kier alpha value is -2.18. The Morgan fingerprint density at radius 3 is 2.42 bits per heavy atom. The molecule has 26 heavy (non-hydrogen) atoms. The van der Waals surface area contributed by atoms with Gasteiger partial charge in [-0.15, -0.1) is 0 Å². The highest BCUT2D eigenvalue weighted by molar-refractivity contribution is 7.89. The van der Waals surface area contributed by atoms with Crippen LogP contribution in [-0.4, -0.2) is 45.8 Å². The Morgan fingerprint density at radius 1 is 1.12 bits per heavy atom. The zero-order chi connectivity index (χ0) is 19.0. The highest BCUT2D eigenvalue weighted by Crippen LogP contribution is 2.10. The largest absolute Gasteiger partial charge is 0.362 e. The third-order valence-corrected chi connectivity index (χ3v) is 5.67. The van der Waals surface area contributed by atoms with Gasteiger partial charge in [0.05, 0.1) is 11.2 Å². The minimum atomic E-state index is -3.49. The number of benzene rings is 2. The maximum absolute atomic E-state index is 12.3. The fraction of sp³-hybridized carbons (Fsp3) is 0.350. The molecule has 140 valence electrons. The molecule has 0 aliphatic carbocycles. The molecule has 1 atom stereocenters. The number of nitrogens with zero attached hydrogens (tertiary/aromatic N) is 2. The average Bonchev–Trinajstić information content (AvgIpc) is 2.64. The molecule has 0 amide bonds. The lowest BCUT2D eigenvalue weighted by Crippen LogP contribution is -2.39. The quantitative estimate of drug-likeness (QED) is 0.543. The standard InChI is InChI=1S/C20H27N3O2S/c1-17-9-11-20(12-10-17)26(24,25)22-15-18(2)23(3)16-21-14-13-19-7-5-4-6-8-19/h4-12,16,18,22H,13-15H2,1-3H3. The smallest absolute Gasteiger partial charge is 0.240 e. The first-order valence-electron chi connectivity index (χ1n) is 8.70. The van der Waals surface area contributed by atoms with Crippen molar-refractivity contribution in [3.63, 3.8) is 0 Å². The number of aryl methyl sites for hydroxylation is 1. The number of rotatable bonds is 9. The van der Waals surface area contributed by atoms with E-state index in [1.807, 2.05) is 44.0 Å². The maximum atomic E-state index is 12.3. The molecule has 0 saturated heterocycles. The summed E-state index contributed by atoms with van der Waals surface area (Å²) in [5.41, 5.74) is 2.29. The summed E-state index contributed by atoms with van der Waals surface area (Å²) in [5, 5.41) is 0. The van der Waals surface area contributed by atoms with E-state index in [0.29, 0.717) is 13.1 Å². The van der Waals surface area contributed by atoms with Crippen molar-refractivity contribution in [1.82, 2.24) is 9.62 Å². The van der Waals surface area contributed by atoms with E-state index in [1.165, 1.54) is 5.56 Å². The predicted molar refractivity (Wildman–Crippen MR) is 107 cm³/mol. The zero-order valence-electron chi connectivity index (χ0n) is 15.6. The van der Waals surface area contributed by atoms with Crippen LogP contribution in [0.15, 0.2) is 64.5 Å². The lowest BCUT2D eigenvalue weighted by Gasteiger charge is -2.22. The molecule has 1 unspecified atom stereocenters. The van der Waals surface area contributed by atoms with Gasteiger partial charge in [0, 0.05) is 26.2 Å². The second-order valence-corrected chi connectivity index (χ2v) is 8.20. The molecule has 2 rings (SSSR count). The highest BCUT2D eigenvalue weighted by atomic mass is 32.2. The predicted octanol–water partition coefficient (Wildman–Crippen LogP) is 2.86. The number of likely N-dealkylation sites (N-methyl/N-ethyl adjacent to an activating group) is 1. The molecule has 0 radical (unpaired) electrons. The minimum absolute atomic E-state index is 0.00398. The van der Waals surface area contributed by atoms with Gasteiger partial charge in [-0.3, -0.25) is 4.99 Å². The number of aliphatic imine (C=N–C) groups is 1. The van der Waals surface area contributed by atoms with Crippen molar-refractivity contribution in [2.75, 3.05) is 20.1 Å². The summed E-state index contributed by atoms with van der Waals surface area (Å²) in [7, 11) is -1.59. The maximum Gasteiger partial charge on any atom is 0.240 e. The summed E-state index contributed by atoms with van der Waals surface area (Å²) in [5.74, 6) is 0. The molecule has 0 fully saturated rings. The van der Waals surface area contributed by atoms with Gasteiger partial charge in [-0.05, 0) is 38.0 Å². The van der Waals surface area contributed by atoms with Crippen LogP contribution in [0.25, 0.3) is 0 Å². The summed E-state index contributed by atoms with van der Waals surface area (Å²) in [6.45, 7) is 4.91. The Bertz CT molecular complexity index is 803. The molecule has 0 bridgehead atoms. The van der Waals surface area contributed by atoms with Crippen LogP contribution in [0, 0.1) is 6.92 Å². The molecule has 2 aromatic carbocycles. The zero-order valence-corrected chi connectivity index (χ0v) is 16.4. The van der Waals surface area contributed by atoms with Gasteiger partial charge < -0.3 is 4.90 Å². The fourth-order valence-electron chi connectivity index (χ4n) is 2.31. The first kappa shape index (κ1) is 20.1. The SMILES string of the molecule is Cc1ccc(S(=O)(=O)NCC(C)N(C)C=NCCc2ccccc2)cc1. The first-order chi connectivity index (χ1) is 12.4. The Morgan fingerprint density at radius 2 is 1.77 bits per heavy atom. The van der Waals surface area contributed by atoms with E-state index < -0.39 is 10.0 Å². The third-order valence-electron chi connectivity index (χ3n) is 4.23. The summed E-state index contributed by atoms with van der Waals surface area (Å²) in [6.07, 6.45) is 2.66. The van der Waals surface area contributed by atoms with Crippen molar-refractivity contribution in [1.29, 1.82) is 0 Å². The summed E-state index contributed by atoms with van der Waals surface area (Å²) >= 11 is 0. The van der Waals surface area contributed by atoms with Gasteiger partial charge in [0.25, 0.3) is 0 Å². The van der Waals surface area contributed by atoms with Gasteiger partial charge in [0.15, 0.2) is 0 Å². The van der Waals surface area contributed by atoms with Crippen molar-refractivity contribution in [2.24, 2.45) is 4.99 Å². The molecule has 0 heterocycles. The Labute approximate surface area is 156 Å². The number of nitrogens with one attached hydrogen (secondary N) is 1. The molecule has 0 aliphatic heterocycles. The van der Waals surface area contributed by atoms with E-state index in [-0.39, 0.29) is 10.9 Å². The van der Waals surface area contributed by atoms with Gasteiger partial charge in [0.1, 0.15) is 0 Å². The van der Waals surface area contributed by atoms with Crippen molar-refractivity contribution in [2.45, 2.75) is 31.2 Å². The summed E-state index contributed by atoms with van der Waals surface area (Å²) < 4.78 is 27.3. The Balaban J connectivity index is 1.79. The van der Waals surface area contributed by atoms with Gasteiger partial charge in [-0.25, -0.2) is 13.1 Å². The van der Waals surface area contributed by atoms with Crippen molar-refractivity contribution >= 4 is 16.4 Å². The monoisotopic (exact) mass is 373 g/mol. The second kappa shape index (κ2) is 9.50. The van der Waals surface area contributed by atoms with Crippen LogP contribution in [0.2, 0.25) is 0 Å². The van der Waals surface area contributed by atoms with Gasteiger partial charge in [-0.2, -0.15) is 0 Å². The molecular weight excluding hydrogens is 346 g/mol. The Kier molecular flexibility index (Phi) is 7.36. The molecule has 0 aromatic heterocycles. The van der Waals surface area contributed by atoms with Crippen molar-refractivity contribution in [3.8, 4) is 0 Å². The second-order valence-electron chi connectivity index (χ2n) is 6.44. The van der Waals surface area contributed by atoms with E-state index in [4.69, 9.17) is 0 Å². The van der Waals surface area contributed by atoms with Crippen LogP contribution in [0.3, 0.4) is 0 Å². The van der Waals surface area contributed by atoms with Crippen LogP contribution in [0.1, 0.15) is 18.1 Å². The fourth-order valence-corrected chi connectivity index (χ4v) is 3.44. The first-order valence-corrected chi connectivity index (χ1v) is 10.2. The van der Waals surface area contributed by atoms with Gasteiger partial charge >= 0.3 is 0 Å². The van der Waals surface area contributed by atoms with E-state index in [0.717, 1.165) is 12.0 Å². The molecule has 0 spiro atoms. The minimum Gasteiger partial charge on any atom is -0.362 e. The topological polar surface area (TPSA) is 61.8 Å². The molecule has 5 nitrogen and oxygen atoms in total. The normalized spacial score (nSPS) is 13.0. The molecular formula is C20H27N3O2S. The van der Waals surface area contributed by atoms with Crippen molar-refractivity contribution in [3.05, 3.63) is 65.7 Å². The molecule has 2 aromatic rings. The van der Waals surface area contributed by atoms with E-state index in [9.17, 15) is 8.42 Å². The lowest BCUT2D eigenvalue weighted by atomic mass is 10.2. The molecule has 1 N–H and O–H groups in total. The number of hydrogen-bond donors (Lipinski definition) is 1. The average molecular weight is 374 g/mol. The van der Waals surface area contributed by atoms with E-state index in [1.54, 1.807) is 30.6 Å².